The lowest BCUT2D eigenvalue weighted by Gasteiger charge is -2.05. The van der Waals surface area contributed by atoms with Gasteiger partial charge >= 0.3 is 0 Å². The number of non-ortho nitro benzene ring substituents is 1. The van der Waals surface area contributed by atoms with Crippen LogP contribution in [0.25, 0.3) is 10.8 Å². The fraction of sp³-hybridized carbons (Fsp3) is 0.167. The van der Waals surface area contributed by atoms with E-state index in [0.717, 1.165) is 29.4 Å². The lowest BCUT2D eigenvalue weighted by Crippen LogP contribution is -1.93. The third-order valence-electron chi connectivity index (χ3n) is 3.02. The molecule has 4 heteroatoms. The lowest BCUT2D eigenvalue weighted by atomic mass is 10.0. The van der Waals surface area contributed by atoms with Gasteiger partial charge in [0.15, 0.2) is 0 Å². The van der Waals surface area contributed by atoms with Crippen LogP contribution in [0.4, 0.5) is 11.4 Å². The van der Waals surface area contributed by atoms with Crippen LogP contribution in [-0.2, 0) is 6.42 Å². The molecule has 0 spiro atoms. The SMILES string of the molecule is O=[N+]([O-])c1cc2c(c3ccccc13)CCN2. The number of nitrogens with one attached hydrogen (secondary N) is 1. The Hall–Kier alpha value is -2.10. The van der Waals surface area contributed by atoms with Crippen molar-refractivity contribution in [2.24, 2.45) is 0 Å². The van der Waals surface area contributed by atoms with Gasteiger partial charge in [0.25, 0.3) is 5.69 Å². The van der Waals surface area contributed by atoms with Gasteiger partial charge in [0, 0.05) is 18.3 Å². The average molecular weight is 214 g/mol. The molecule has 0 aliphatic carbocycles. The first-order valence-electron chi connectivity index (χ1n) is 5.20. The van der Waals surface area contributed by atoms with E-state index in [9.17, 15) is 10.1 Å². The number of nitro groups is 1. The Morgan fingerprint density at radius 1 is 1.25 bits per heavy atom. The lowest BCUT2D eigenvalue weighted by molar-refractivity contribution is -0.383. The molecule has 0 fully saturated rings. The molecule has 0 unspecified atom stereocenters. The molecule has 1 heterocycles. The Morgan fingerprint density at radius 3 is 2.75 bits per heavy atom. The summed E-state index contributed by atoms with van der Waals surface area (Å²) in [5.74, 6) is 0. The Balaban J connectivity index is 2.44. The van der Waals surface area contributed by atoms with Crippen molar-refractivity contribution < 1.29 is 4.92 Å². The van der Waals surface area contributed by atoms with Gasteiger partial charge in [-0.2, -0.15) is 0 Å². The van der Waals surface area contributed by atoms with E-state index in [-0.39, 0.29) is 10.6 Å². The molecule has 0 saturated heterocycles. The monoisotopic (exact) mass is 214 g/mol. The first kappa shape index (κ1) is 9.15. The number of nitro benzene ring substituents is 1. The van der Waals surface area contributed by atoms with E-state index in [1.54, 1.807) is 6.07 Å². The van der Waals surface area contributed by atoms with E-state index >= 15 is 0 Å². The molecular formula is C12H10N2O2. The topological polar surface area (TPSA) is 55.2 Å². The summed E-state index contributed by atoms with van der Waals surface area (Å²) in [7, 11) is 0. The zero-order valence-corrected chi connectivity index (χ0v) is 8.56. The molecule has 0 bridgehead atoms. The van der Waals surface area contributed by atoms with Crippen LogP contribution in [-0.4, -0.2) is 11.5 Å². The van der Waals surface area contributed by atoms with Crippen LogP contribution >= 0.6 is 0 Å². The van der Waals surface area contributed by atoms with E-state index in [1.807, 2.05) is 24.3 Å². The van der Waals surface area contributed by atoms with Crippen LogP contribution < -0.4 is 5.32 Å². The zero-order valence-electron chi connectivity index (χ0n) is 8.56. The van der Waals surface area contributed by atoms with Crippen molar-refractivity contribution in [2.45, 2.75) is 6.42 Å². The van der Waals surface area contributed by atoms with Gasteiger partial charge in [-0.3, -0.25) is 10.1 Å². The molecule has 0 radical (unpaired) electrons. The van der Waals surface area contributed by atoms with Crippen LogP contribution in [0.1, 0.15) is 5.56 Å². The summed E-state index contributed by atoms with van der Waals surface area (Å²) in [5, 5.41) is 15.9. The van der Waals surface area contributed by atoms with Gasteiger partial charge in [0.2, 0.25) is 0 Å². The summed E-state index contributed by atoms with van der Waals surface area (Å²) >= 11 is 0. The van der Waals surface area contributed by atoms with Gasteiger partial charge in [-0.15, -0.1) is 0 Å². The van der Waals surface area contributed by atoms with Crippen molar-refractivity contribution in [1.29, 1.82) is 0 Å². The first-order valence-corrected chi connectivity index (χ1v) is 5.20. The first-order chi connectivity index (χ1) is 7.77. The summed E-state index contributed by atoms with van der Waals surface area (Å²) in [4.78, 5) is 10.7. The largest absolute Gasteiger partial charge is 0.384 e. The molecule has 2 aromatic carbocycles. The normalized spacial score (nSPS) is 13.5. The van der Waals surface area contributed by atoms with Gasteiger partial charge in [-0.25, -0.2) is 0 Å². The molecule has 3 rings (SSSR count). The Labute approximate surface area is 92.0 Å². The summed E-state index contributed by atoms with van der Waals surface area (Å²) in [6, 6.07) is 9.17. The average Bonchev–Trinajstić information content (AvgIpc) is 2.75. The smallest absolute Gasteiger partial charge is 0.279 e. The molecule has 16 heavy (non-hydrogen) atoms. The molecule has 0 amide bonds. The maximum Gasteiger partial charge on any atom is 0.279 e. The van der Waals surface area contributed by atoms with E-state index in [4.69, 9.17) is 0 Å². The molecule has 4 nitrogen and oxygen atoms in total. The predicted octanol–water partition coefficient (Wildman–Crippen LogP) is 2.72. The van der Waals surface area contributed by atoms with Crippen LogP contribution in [0.15, 0.2) is 30.3 Å². The summed E-state index contributed by atoms with van der Waals surface area (Å²) in [6.07, 6.45) is 0.938. The predicted molar refractivity (Wildman–Crippen MR) is 62.8 cm³/mol. The van der Waals surface area contributed by atoms with Crippen LogP contribution in [0, 0.1) is 10.1 Å². The van der Waals surface area contributed by atoms with Crippen molar-refractivity contribution in [3.05, 3.63) is 46.0 Å². The molecule has 80 valence electrons. The number of benzene rings is 2. The highest BCUT2D eigenvalue weighted by Gasteiger charge is 2.20. The maximum atomic E-state index is 11.0. The fourth-order valence-corrected chi connectivity index (χ4v) is 2.32. The number of rotatable bonds is 1. The Bertz CT molecular complexity index is 593. The summed E-state index contributed by atoms with van der Waals surface area (Å²) < 4.78 is 0. The number of hydrogen-bond donors (Lipinski definition) is 1. The molecular weight excluding hydrogens is 204 g/mol. The van der Waals surface area contributed by atoms with Crippen molar-refractivity contribution in [2.75, 3.05) is 11.9 Å². The molecule has 0 saturated carbocycles. The van der Waals surface area contributed by atoms with Crippen molar-refractivity contribution in [1.82, 2.24) is 0 Å². The van der Waals surface area contributed by atoms with Gasteiger partial charge < -0.3 is 5.32 Å². The van der Waals surface area contributed by atoms with Gasteiger partial charge in [0.1, 0.15) is 0 Å². The highest BCUT2D eigenvalue weighted by molar-refractivity contribution is 5.98. The second kappa shape index (κ2) is 3.20. The molecule has 0 atom stereocenters. The van der Waals surface area contributed by atoms with Crippen molar-refractivity contribution in [3.8, 4) is 0 Å². The highest BCUT2D eigenvalue weighted by atomic mass is 16.6. The quantitative estimate of drug-likeness (QED) is 0.586. The second-order valence-electron chi connectivity index (χ2n) is 3.90. The second-order valence-corrected chi connectivity index (χ2v) is 3.90. The molecule has 0 aromatic heterocycles. The highest BCUT2D eigenvalue weighted by Crippen LogP contribution is 2.36. The number of nitrogens with zero attached hydrogens (tertiary/aromatic N) is 1. The molecule has 2 aromatic rings. The fourth-order valence-electron chi connectivity index (χ4n) is 2.32. The minimum Gasteiger partial charge on any atom is -0.384 e. The van der Waals surface area contributed by atoms with Gasteiger partial charge in [0.05, 0.1) is 10.3 Å². The minimum atomic E-state index is -0.317. The summed E-state index contributed by atoms with van der Waals surface area (Å²) in [5.41, 5.74) is 2.29. The van der Waals surface area contributed by atoms with Crippen LogP contribution in [0.5, 0.6) is 0 Å². The minimum absolute atomic E-state index is 0.184. The van der Waals surface area contributed by atoms with Crippen LogP contribution in [0.2, 0.25) is 0 Å². The molecule has 1 aliphatic heterocycles. The summed E-state index contributed by atoms with van der Waals surface area (Å²) in [6.45, 7) is 0.862. The van der Waals surface area contributed by atoms with Crippen LogP contribution in [0.3, 0.4) is 0 Å². The van der Waals surface area contributed by atoms with E-state index in [1.165, 1.54) is 5.56 Å². The van der Waals surface area contributed by atoms with Gasteiger partial charge in [-0.05, 0) is 23.4 Å². The third kappa shape index (κ3) is 1.16. The van der Waals surface area contributed by atoms with Gasteiger partial charge in [-0.1, -0.05) is 18.2 Å². The van der Waals surface area contributed by atoms with E-state index < -0.39 is 0 Å². The molecule has 1 aliphatic rings. The Kier molecular flexibility index (Phi) is 1.83. The number of anilines is 1. The zero-order chi connectivity index (χ0) is 11.1. The number of hydrogen-bond acceptors (Lipinski definition) is 3. The molecule has 1 N–H and O–H groups in total. The third-order valence-corrected chi connectivity index (χ3v) is 3.02. The Morgan fingerprint density at radius 2 is 2.00 bits per heavy atom. The van der Waals surface area contributed by atoms with Crippen molar-refractivity contribution in [3.63, 3.8) is 0 Å². The van der Waals surface area contributed by atoms with E-state index in [2.05, 4.69) is 5.32 Å². The standard InChI is InChI=1S/C12H10N2O2/c15-14(16)12-7-11-9(5-6-13-11)8-3-1-2-4-10(8)12/h1-4,7,13H,5-6H2. The maximum absolute atomic E-state index is 11.0. The van der Waals surface area contributed by atoms with E-state index in [0.29, 0.717) is 0 Å². The number of fused-ring (bicyclic) bond motifs is 3. The van der Waals surface area contributed by atoms with Crippen molar-refractivity contribution >= 4 is 22.1 Å².